The Morgan fingerprint density at radius 3 is 2.27 bits per heavy atom. The van der Waals surface area contributed by atoms with Gasteiger partial charge >= 0.3 is 0 Å². The number of carboxylic acid groups (broad SMARTS) is 2. The van der Waals surface area contributed by atoms with Gasteiger partial charge in [-0.1, -0.05) is 6.08 Å². The fourth-order valence-corrected chi connectivity index (χ4v) is 3.09. The SMILES string of the molecule is C=CCN1CCC[C@H]1C(=O)NCC1(O)CCN(C)CC1.O=CO.O=CO. The van der Waals surface area contributed by atoms with Crippen LogP contribution in [0.1, 0.15) is 25.7 Å². The van der Waals surface area contributed by atoms with Crippen LogP contribution in [0.25, 0.3) is 0 Å². The summed E-state index contributed by atoms with van der Waals surface area (Å²) < 4.78 is 0. The molecule has 0 aromatic carbocycles. The molecule has 2 rings (SSSR count). The summed E-state index contributed by atoms with van der Waals surface area (Å²) in [6.45, 7) is 7.10. The van der Waals surface area contributed by atoms with Crippen LogP contribution in [0.2, 0.25) is 0 Å². The second kappa shape index (κ2) is 13.3. The summed E-state index contributed by atoms with van der Waals surface area (Å²) >= 11 is 0. The summed E-state index contributed by atoms with van der Waals surface area (Å²) in [6, 6.07) is -0.0529. The largest absolute Gasteiger partial charge is 0.483 e. The van der Waals surface area contributed by atoms with Gasteiger partial charge < -0.3 is 25.5 Å². The first-order chi connectivity index (χ1) is 12.4. The van der Waals surface area contributed by atoms with Crippen LogP contribution in [0.4, 0.5) is 0 Å². The molecule has 0 aromatic heterocycles. The Kier molecular flexibility index (Phi) is 12.3. The van der Waals surface area contributed by atoms with Crippen LogP contribution in [0.15, 0.2) is 12.7 Å². The van der Waals surface area contributed by atoms with Crippen LogP contribution < -0.4 is 5.32 Å². The van der Waals surface area contributed by atoms with E-state index in [4.69, 9.17) is 19.8 Å². The van der Waals surface area contributed by atoms with Crippen molar-refractivity contribution in [2.75, 3.05) is 39.8 Å². The Labute approximate surface area is 154 Å². The molecule has 0 spiro atoms. The molecule has 2 heterocycles. The molecule has 4 N–H and O–H groups in total. The average Bonchev–Trinajstić information content (AvgIpc) is 3.06. The molecule has 0 saturated carbocycles. The normalized spacial score (nSPS) is 22.0. The highest BCUT2D eigenvalue weighted by Crippen LogP contribution is 2.21. The summed E-state index contributed by atoms with van der Waals surface area (Å²) in [5.74, 6) is 0.0525. The van der Waals surface area contributed by atoms with Gasteiger partial charge in [0.05, 0.1) is 11.6 Å². The van der Waals surface area contributed by atoms with Gasteiger partial charge in [-0.15, -0.1) is 6.58 Å². The van der Waals surface area contributed by atoms with Gasteiger partial charge in [0.25, 0.3) is 12.9 Å². The molecule has 0 unspecified atom stereocenters. The van der Waals surface area contributed by atoms with Crippen molar-refractivity contribution in [2.45, 2.75) is 37.3 Å². The third-order valence-corrected chi connectivity index (χ3v) is 4.54. The number of likely N-dealkylation sites (tertiary alicyclic amines) is 2. The second-order valence-electron chi connectivity index (χ2n) is 6.40. The number of carbonyl (C=O) groups excluding carboxylic acids is 1. The van der Waals surface area contributed by atoms with E-state index in [1.54, 1.807) is 0 Å². The summed E-state index contributed by atoms with van der Waals surface area (Å²) in [6.07, 6.45) is 5.26. The summed E-state index contributed by atoms with van der Waals surface area (Å²) in [5, 5.41) is 27.2. The average molecular weight is 373 g/mol. The summed E-state index contributed by atoms with van der Waals surface area (Å²) in [7, 11) is 2.06. The molecule has 0 aliphatic carbocycles. The number of aliphatic hydroxyl groups is 1. The molecule has 2 saturated heterocycles. The topological polar surface area (TPSA) is 130 Å². The van der Waals surface area contributed by atoms with Gasteiger partial charge in [-0.05, 0) is 39.3 Å². The van der Waals surface area contributed by atoms with Crippen molar-refractivity contribution in [1.82, 2.24) is 15.1 Å². The minimum absolute atomic E-state index is 0.0525. The van der Waals surface area contributed by atoms with Gasteiger partial charge in [-0.2, -0.15) is 0 Å². The number of hydrogen-bond acceptors (Lipinski definition) is 6. The molecule has 0 bridgehead atoms. The fraction of sp³-hybridized carbons (Fsp3) is 0.706. The van der Waals surface area contributed by atoms with Crippen molar-refractivity contribution in [2.24, 2.45) is 0 Å². The Balaban J connectivity index is 0.000000918. The molecule has 9 heteroatoms. The molecule has 2 fully saturated rings. The van der Waals surface area contributed by atoms with Crippen molar-refractivity contribution in [3.63, 3.8) is 0 Å². The Morgan fingerprint density at radius 1 is 1.23 bits per heavy atom. The highest BCUT2D eigenvalue weighted by molar-refractivity contribution is 5.82. The third kappa shape index (κ3) is 8.93. The van der Waals surface area contributed by atoms with Gasteiger partial charge in [0.2, 0.25) is 5.91 Å². The highest BCUT2D eigenvalue weighted by atomic mass is 16.3. The van der Waals surface area contributed by atoms with E-state index in [1.807, 2.05) is 6.08 Å². The first-order valence-electron chi connectivity index (χ1n) is 8.56. The molecule has 9 nitrogen and oxygen atoms in total. The van der Waals surface area contributed by atoms with Crippen LogP contribution in [0, 0.1) is 0 Å². The van der Waals surface area contributed by atoms with Gasteiger partial charge in [-0.3, -0.25) is 19.3 Å². The maximum Gasteiger partial charge on any atom is 0.290 e. The van der Waals surface area contributed by atoms with E-state index in [9.17, 15) is 9.90 Å². The van der Waals surface area contributed by atoms with Crippen molar-refractivity contribution in [3.8, 4) is 0 Å². The molecule has 1 amide bonds. The van der Waals surface area contributed by atoms with Crippen LogP contribution in [0.5, 0.6) is 0 Å². The number of piperidine rings is 1. The predicted molar refractivity (Wildman–Crippen MR) is 96.9 cm³/mol. The van der Waals surface area contributed by atoms with Gasteiger partial charge in [-0.25, -0.2) is 0 Å². The van der Waals surface area contributed by atoms with Crippen molar-refractivity contribution in [1.29, 1.82) is 0 Å². The molecule has 0 radical (unpaired) electrons. The second-order valence-corrected chi connectivity index (χ2v) is 6.40. The Hall–Kier alpha value is -1.97. The maximum absolute atomic E-state index is 12.3. The van der Waals surface area contributed by atoms with Gasteiger partial charge in [0, 0.05) is 26.2 Å². The molecule has 2 aliphatic heterocycles. The number of nitrogens with one attached hydrogen (secondary N) is 1. The molecular weight excluding hydrogens is 342 g/mol. The van der Waals surface area contributed by atoms with Crippen LogP contribution >= 0.6 is 0 Å². The first kappa shape index (κ1) is 24.0. The van der Waals surface area contributed by atoms with Crippen molar-refractivity contribution < 1.29 is 29.7 Å². The summed E-state index contributed by atoms with van der Waals surface area (Å²) in [5.41, 5.74) is -0.732. The van der Waals surface area contributed by atoms with Crippen molar-refractivity contribution >= 4 is 18.9 Å². The van der Waals surface area contributed by atoms with E-state index in [-0.39, 0.29) is 24.9 Å². The molecule has 0 aromatic rings. The zero-order chi connectivity index (χ0) is 20.0. The lowest BCUT2D eigenvalue weighted by molar-refractivity contribution is -0.127. The Morgan fingerprint density at radius 2 is 1.77 bits per heavy atom. The van der Waals surface area contributed by atoms with E-state index in [0.717, 1.165) is 51.9 Å². The standard InChI is InChI=1S/C15H27N3O2.2CH2O2/c1-3-8-18-9-4-5-13(18)14(19)16-12-15(20)6-10-17(2)11-7-15;2*2-1-3/h3,13,20H,1,4-12H2,2H3,(H,16,19);2*1H,(H,2,3)/t13-;;/m0../s1. The lowest BCUT2D eigenvalue weighted by Gasteiger charge is -2.37. The van der Waals surface area contributed by atoms with E-state index in [1.165, 1.54) is 0 Å². The van der Waals surface area contributed by atoms with Crippen LogP contribution in [-0.4, -0.2) is 95.4 Å². The van der Waals surface area contributed by atoms with Crippen LogP contribution in [0.3, 0.4) is 0 Å². The zero-order valence-electron chi connectivity index (χ0n) is 15.3. The number of amides is 1. The molecule has 26 heavy (non-hydrogen) atoms. The lowest BCUT2D eigenvalue weighted by Crippen LogP contribution is -2.52. The smallest absolute Gasteiger partial charge is 0.290 e. The molecule has 150 valence electrons. The third-order valence-electron chi connectivity index (χ3n) is 4.54. The molecular formula is C17H31N3O6. The first-order valence-corrected chi connectivity index (χ1v) is 8.56. The predicted octanol–water partition coefficient (Wildman–Crippen LogP) is -0.389. The highest BCUT2D eigenvalue weighted by Gasteiger charge is 2.34. The monoisotopic (exact) mass is 373 g/mol. The molecule has 2 aliphatic rings. The summed E-state index contributed by atoms with van der Waals surface area (Å²) in [4.78, 5) is 33.4. The van der Waals surface area contributed by atoms with E-state index in [2.05, 4.69) is 28.7 Å². The van der Waals surface area contributed by atoms with Crippen LogP contribution in [-0.2, 0) is 14.4 Å². The quantitative estimate of drug-likeness (QED) is 0.379. The Bertz CT molecular complexity index is 432. The van der Waals surface area contributed by atoms with Gasteiger partial charge in [0.1, 0.15) is 0 Å². The van der Waals surface area contributed by atoms with Crippen molar-refractivity contribution in [3.05, 3.63) is 12.7 Å². The minimum Gasteiger partial charge on any atom is -0.483 e. The number of hydrogen-bond donors (Lipinski definition) is 4. The van der Waals surface area contributed by atoms with E-state index < -0.39 is 5.60 Å². The van der Waals surface area contributed by atoms with Gasteiger partial charge in [0.15, 0.2) is 0 Å². The van der Waals surface area contributed by atoms with E-state index >= 15 is 0 Å². The maximum atomic E-state index is 12.3. The molecule has 1 atom stereocenters. The fourth-order valence-electron chi connectivity index (χ4n) is 3.09. The number of rotatable bonds is 5. The number of nitrogens with zero attached hydrogens (tertiary/aromatic N) is 2. The number of carbonyl (C=O) groups is 3. The zero-order valence-corrected chi connectivity index (χ0v) is 15.3. The lowest BCUT2D eigenvalue weighted by atomic mass is 9.91. The van der Waals surface area contributed by atoms with E-state index in [0.29, 0.717) is 6.54 Å². The minimum atomic E-state index is -0.732.